The van der Waals surface area contributed by atoms with Gasteiger partial charge in [-0.15, -0.1) is 0 Å². The van der Waals surface area contributed by atoms with Crippen LogP contribution in [-0.2, 0) is 0 Å². The fourth-order valence-corrected chi connectivity index (χ4v) is 2.10. The highest BCUT2D eigenvalue weighted by atomic mass is 79.9. The first-order valence-corrected chi connectivity index (χ1v) is 6.62. The van der Waals surface area contributed by atoms with E-state index in [1.54, 1.807) is 0 Å². The van der Waals surface area contributed by atoms with Crippen LogP contribution in [0.4, 0.5) is 0 Å². The van der Waals surface area contributed by atoms with E-state index in [1.165, 1.54) is 0 Å². The van der Waals surface area contributed by atoms with E-state index in [9.17, 15) is 5.11 Å². The molecule has 0 aliphatic carbocycles. The normalized spacial score (nSPS) is 14.8. The number of hydrogen-bond acceptors (Lipinski definition) is 2. The minimum absolute atomic E-state index is 0.0552. The summed E-state index contributed by atoms with van der Waals surface area (Å²) < 4.78 is 1.05. The predicted molar refractivity (Wildman–Crippen MR) is 71.5 cm³/mol. The smallest absolute Gasteiger partial charge is 0.0620 e. The van der Waals surface area contributed by atoms with Crippen LogP contribution in [0.5, 0.6) is 0 Å². The Balaban J connectivity index is 2.69. The first-order chi connectivity index (χ1) is 7.69. The predicted octanol–water partition coefficient (Wildman–Crippen LogP) is 3.04. The van der Waals surface area contributed by atoms with Gasteiger partial charge in [0.2, 0.25) is 0 Å². The molecule has 0 aliphatic heterocycles. The van der Waals surface area contributed by atoms with Crippen molar-refractivity contribution in [3.63, 3.8) is 0 Å². The Bertz CT molecular complexity index is 299. The molecule has 3 N–H and O–H groups in total. The van der Waals surface area contributed by atoms with Gasteiger partial charge in [-0.25, -0.2) is 0 Å². The molecule has 1 rings (SSSR count). The molecule has 0 amide bonds. The quantitative estimate of drug-likeness (QED) is 0.844. The molecule has 1 aromatic carbocycles. The Morgan fingerprint density at radius 1 is 1.31 bits per heavy atom. The van der Waals surface area contributed by atoms with E-state index in [2.05, 4.69) is 22.9 Å². The highest BCUT2D eigenvalue weighted by Crippen LogP contribution is 2.23. The summed E-state index contributed by atoms with van der Waals surface area (Å²) in [5.41, 5.74) is 6.86. The molecule has 0 fully saturated rings. The molecular formula is C13H20BrNO. The van der Waals surface area contributed by atoms with Gasteiger partial charge >= 0.3 is 0 Å². The third-order valence-electron chi connectivity index (χ3n) is 2.87. The van der Waals surface area contributed by atoms with E-state index in [4.69, 9.17) is 5.73 Å². The van der Waals surface area contributed by atoms with E-state index in [-0.39, 0.29) is 12.0 Å². The molecule has 2 unspecified atom stereocenters. The van der Waals surface area contributed by atoms with Crippen LogP contribution in [-0.4, -0.2) is 17.8 Å². The van der Waals surface area contributed by atoms with Crippen LogP contribution in [0, 0.1) is 0 Å². The fraction of sp³-hybridized carbons (Fsp3) is 0.538. The second kappa shape index (κ2) is 7.05. The number of aliphatic hydroxyl groups is 1. The molecule has 0 spiro atoms. The lowest BCUT2D eigenvalue weighted by molar-refractivity contribution is 0.133. The standard InChI is InChI=1S/C13H20BrNO/c1-2-3-4-13(16)12(9-15)10-5-7-11(14)8-6-10/h5-8,12-13,16H,2-4,9,15H2,1H3. The van der Waals surface area contributed by atoms with Crippen molar-refractivity contribution < 1.29 is 5.11 Å². The molecule has 1 aromatic rings. The Morgan fingerprint density at radius 3 is 2.44 bits per heavy atom. The summed E-state index contributed by atoms with van der Waals surface area (Å²) in [6.45, 7) is 2.62. The van der Waals surface area contributed by atoms with Gasteiger partial charge in [0, 0.05) is 16.9 Å². The Hall–Kier alpha value is -0.380. The minimum atomic E-state index is -0.328. The maximum Gasteiger partial charge on any atom is 0.0620 e. The summed E-state index contributed by atoms with van der Waals surface area (Å²) in [5, 5.41) is 10.1. The van der Waals surface area contributed by atoms with Crippen LogP contribution in [0.1, 0.15) is 37.7 Å². The zero-order valence-corrected chi connectivity index (χ0v) is 11.3. The van der Waals surface area contributed by atoms with Gasteiger partial charge in [0.25, 0.3) is 0 Å². The summed E-state index contributed by atoms with van der Waals surface area (Å²) in [7, 11) is 0. The molecule has 2 nitrogen and oxygen atoms in total. The van der Waals surface area contributed by atoms with Gasteiger partial charge in [-0.3, -0.25) is 0 Å². The molecule has 3 heteroatoms. The lowest BCUT2D eigenvalue weighted by Crippen LogP contribution is -2.25. The summed E-state index contributed by atoms with van der Waals surface area (Å²) in [6.07, 6.45) is 2.66. The van der Waals surface area contributed by atoms with Crippen molar-refractivity contribution in [2.75, 3.05) is 6.54 Å². The number of benzene rings is 1. The van der Waals surface area contributed by atoms with Crippen LogP contribution in [0.2, 0.25) is 0 Å². The molecule has 0 heterocycles. The zero-order valence-electron chi connectivity index (χ0n) is 9.70. The third kappa shape index (κ3) is 3.89. The average molecular weight is 286 g/mol. The first kappa shape index (κ1) is 13.7. The van der Waals surface area contributed by atoms with Crippen molar-refractivity contribution in [2.45, 2.75) is 38.2 Å². The summed E-state index contributed by atoms with van der Waals surface area (Å²) in [5.74, 6) is 0.0552. The van der Waals surface area contributed by atoms with Gasteiger partial charge in [0.15, 0.2) is 0 Å². The summed E-state index contributed by atoms with van der Waals surface area (Å²) in [4.78, 5) is 0. The third-order valence-corrected chi connectivity index (χ3v) is 3.40. The maximum absolute atomic E-state index is 10.1. The van der Waals surface area contributed by atoms with Gasteiger partial charge in [-0.2, -0.15) is 0 Å². The number of aliphatic hydroxyl groups excluding tert-OH is 1. The molecule has 0 saturated heterocycles. The van der Waals surface area contributed by atoms with E-state index in [0.29, 0.717) is 6.54 Å². The van der Waals surface area contributed by atoms with E-state index >= 15 is 0 Å². The second-order valence-corrected chi connectivity index (χ2v) is 5.02. The monoisotopic (exact) mass is 285 g/mol. The van der Waals surface area contributed by atoms with Crippen molar-refractivity contribution in [1.82, 2.24) is 0 Å². The van der Waals surface area contributed by atoms with Crippen molar-refractivity contribution in [2.24, 2.45) is 5.73 Å². The average Bonchev–Trinajstić information content (AvgIpc) is 2.30. The van der Waals surface area contributed by atoms with Crippen molar-refractivity contribution in [3.8, 4) is 0 Å². The fourth-order valence-electron chi connectivity index (χ4n) is 1.84. The molecule has 90 valence electrons. The van der Waals surface area contributed by atoms with Gasteiger partial charge < -0.3 is 10.8 Å². The van der Waals surface area contributed by atoms with Crippen molar-refractivity contribution in [3.05, 3.63) is 34.3 Å². The molecule has 0 aliphatic rings. The Labute approximate surface area is 106 Å². The molecule has 0 aromatic heterocycles. The summed E-state index contributed by atoms with van der Waals surface area (Å²) >= 11 is 3.40. The van der Waals surface area contributed by atoms with Crippen LogP contribution in [0.15, 0.2) is 28.7 Å². The number of rotatable bonds is 6. The number of halogens is 1. The van der Waals surface area contributed by atoms with E-state index in [0.717, 1.165) is 29.3 Å². The van der Waals surface area contributed by atoms with Gasteiger partial charge in [0.05, 0.1) is 6.10 Å². The molecular weight excluding hydrogens is 266 g/mol. The van der Waals surface area contributed by atoms with E-state index in [1.807, 2.05) is 24.3 Å². The Kier molecular flexibility index (Phi) is 6.03. The molecule has 0 radical (unpaired) electrons. The van der Waals surface area contributed by atoms with E-state index < -0.39 is 0 Å². The number of hydrogen-bond donors (Lipinski definition) is 2. The Morgan fingerprint density at radius 2 is 1.94 bits per heavy atom. The lowest BCUT2D eigenvalue weighted by Gasteiger charge is -2.21. The maximum atomic E-state index is 10.1. The lowest BCUT2D eigenvalue weighted by atomic mass is 9.91. The van der Waals surface area contributed by atoms with Crippen LogP contribution in [0.3, 0.4) is 0 Å². The topological polar surface area (TPSA) is 46.2 Å². The van der Waals surface area contributed by atoms with Crippen molar-refractivity contribution >= 4 is 15.9 Å². The van der Waals surface area contributed by atoms with Crippen LogP contribution >= 0.6 is 15.9 Å². The molecule has 2 atom stereocenters. The number of nitrogens with two attached hydrogens (primary N) is 1. The highest BCUT2D eigenvalue weighted by molar-refractivity contribution is 9.10. The highest BCUT2D eigenvalue weighted by Gasteiger charge is 2.18. The molecule has 0 bridgehead atoms. The SMILES string of the molecule is CCCCC(O)C(CN)c1ccc(Br)cc1. The zero-order chi connectivity index (χ0) is 12.0. The van der Waals surface area contributed by atoms with Gasteiger partial charge in [-0.05, 0) is 24.1 Å². The summed E-state index contributed by atoms with van der Waals surface area (Å²) in [6, 6.07) is 8.03. The number of unbranched alkanes of at least 4 members (excludes halogenated alkanes) is 1. The molecule has 0 saturated carbocycles. The largest absolute Gasteiger partial charge is 0.392 e. The van der Waals surface area contributed by atoms with Gasteiger partial charge in [0.1, 0.15) is 0 Å². The molecule has 16 heavy (non-hydrogen) atoms. The van der Waals surface area contributed by atoms with Crippen LogP contribution in [0.25, 0.3) is 0 Å². The van der Waals surface area contributed by atoms with Crippen LogP contribution < -0.4 is 5.73 Å². The van der Waals surface area contributed by atoms with Crippen molar-refractivity contribution in [1.29, 1.82) is 0 Å². The van der Waals surface area contributed by atoms with Gasteiger partial charge in [-0.1, -0.05) is 47.8 Å². The first-order valence-electron chi connectivity index (χ1n) is 5.82. The second-order valence-electron chi connectivity index (χ2n) is 4.10. The minimum Gasteiger partial charge on any atom is -0.392 e.